The Labute approximate surface area is 213 Å². The summed E-state index contributed by atoms with van der Waals surface area (Å²) < 4.78 is 23.5. The number of fused-ring (bicyclic) bond motifs is 1. The molecule has 1 aromatic carbocycles. The second-order valence-electron chi connectivity index (χ2n) is 10.4. The van der Waals surface area contributed by atoms with Gasteiger partial charge in [0.15, 0.2) is 15.9 Å². The van der Waals surface area contributed by atoms with E-state index in [0.29, 0.717) is 18.4 Å². The van der Waals surface area contributed by atoms with Gasteiger partial charge in [-0.1, -0.05) is 31.2 Å². The number of alkyl halides is 1. The van der Waals surface area contributed by atoms with Gasteiger partial charge in [-0.05, 0) is 55.0 Å². The smallest absolute Gasteiger partial charge is 0.345 e. The van der Waals surface area contributed by atoms with Crippen LogP contribution in [-0.4, -0.2) is 58.7 Å². The molecule has 0 saturated heterocycles. The van der Waals surface area contributed by atoms with Crippen molar-refractivity contribution in [2.75, 3.05) is 14.2 Å². The fraction of sp³-hybridized carbons (Fsp3) is 0.481. The summed E-state index contributed by atoms with van der Waals surface area (Å²) in [6.45, 7) is 1.81. The average Bonchev–Trinajstić information content (AvgIpc) is 3.02. The van der Waals surface area contributed by atoms with Crippen LogP contribution in [0, 0.1) is 10.8 Å². The van der Waals surface area contributed by atoms with E-state index in [1.807, 2.05) is 13.0 Å². The maximum atomic E-state index is 13.7. The van der Waals surface area contributed by atoms with Crippen molar-refractivity contribution in [3.05, 3.63) is 65.0 Å². The number of ether oxygens (including phenoxy) is 4. The SMILES string of the molecule is COC(=O)[C@@]12C=C(OC)[C@]3(Cl)C(C)(C=C(C4=CCCC[C@@H]4O)[C@]3(O)C13OC(=O)c1ccccc1O3)C2. The Morgan fingerprint density at radius 1 is 1.19 bits per heavy atom. The summed E-state index contributed by atoms with van der Waals surface area (Å²) in [6, 6.07) is 6.45. The lowest BCUT2D eigenvalue weighted by atomic mass is 9.46. The molecular formula is C27H27ClO8. The van der Waals surface area contributed by atoms with Crippen LogP contribution < -0.4 is 4.74 Å². The molecule has 8 nitrogen and oxygen atoms in total. The minimum atomic E-state index is -2.35. The molecule has 6 aliphatic rings. The molecule has 1 saturated carbocycles. The Morgan fingerprint density at radius 3 is 2.64 bits per heavy atom. The second-order valence-corrected chi connectivity index (χ2v) is 11.0. The molecule has 2 N–H and O–H groups in total. The van der Waals surface area contributed by atoms with Gasteiger partial charge in [0.1, 0.15) is 17.1 Å². The molecule has 5 aliphatic carbocycles. The molecule has 1 aliphatic heterocycles. The van der Waals surface area contributed by atoms with Crippen molar-refractivity contribution in [2.24, 2.45) is 10.8 Å². The lowest BCUT2D eigenvalue weighted by molar-refractivity contribution is -0.331. The topological polar surface area (TPSA) is 112 Å². The molecule has 36 heavy (non-hydrogen) atoms. The van der Waals surface area contributed by atoms with E-state index >= 15 is 0 Å². The van der Waals surface area contributed by atoms with Crippen LogP contribution in [0.1, 0.15) is 43.0 Å². The maximum Gasteiger partial charge on any atom is 0.345 e. The Bertz CT molecular complexity index is 1300. The summed E-state index contributed by atoms with van der Waals surface area (Å²) in [5.74, 6) is -3.63. The number of benzene rings is 1. The molecule has 6 atom stereocenters. The summed E-state index contributed by atoms with van der Waals surface area (Å²) in [5.41, 5.74) is -4.36. The number of rotatable bonds is 3. The highest BCUT2D eigenvalue weighted by Gasteiger charge is 2.92. The molecule has 0 amide bonds. The Balaban J connectivity index is 1.72. The van der Waals surface area contributed by atoms with Crippen LogP contribution in [0.15, 0.2) is 59.4 Å². The molecular weight excluding hydrogens is 488 g/mol. The number of esters is 2. The molecule has 2 unspecified atom stereocenters. The van der Waals surface area contributed by atoms with Crippen LogP contribution in [0.4, 0.5) is 0 Å². The standard InChI is InChI=1S/C27H27ClO8/c1-23-12-17(15-8-4-6-10-18(15)29)26(32)25(23,28)20(33-2)13-24(14-23,22(31)34-3)27(26)35-19-11-7-5-9-16(19)21(30)36-27/h5,7-9,11-13,18,29,32H,4,6,10,14H2,1-3H3/t18-,23?,24-,25-,26+,27?/m0/s1. The van der Waals surface area contributed by atoms with Crippen molar-refractivity contribution >= 4 is 23.5 Å². The van der Waals surface area contributed by atoms with Gasteiger partial charge in [-0.25, -0.2) is 4.79 Å². The van der Waals surface area contributed by atoms with E-state index in [-0.39, 0.29) is 29.1 Å². The zero-order chi connectivity index (χ0) is 25.7. The number of hydrogen-bond acceptors (Lipinski definition) is 8. The first-order valence-corrected chi connectivity index (χ1v) is 12.3. The van der Waals surface area contributed by atoms with Crippen molar-refractivity contribution in [1.82, 2.24) is 0 Å². The minimum Gasteiger partial charge on any atom is -0.499 e. The van der Waals surface area contributed by atoms with E-state index in [0.717, 1.165) is 6.42 Å². The highest BCUT2D eigenvalue weighted by molar-refractivity contribution is 6.29. The van der Waals surface area contributed by atoms with E-state index in [1.165, 1.54) is 26.4 Å². The fourth-order valence-electron chi connectivity index (χ4n) is 7.15. The van der Waals surface area contributed by atoms with Gasteiger partial charge in [0, 0.05) is 5.41 Å². The number of methoxy groups -OCH3 is 2. The number of hydrogen-bond donors (Lipinski definition) is 2. The third-order valence-corrected chi connectivity index (χ3v) is 9.54. The first-order chi connectivity index (χ1) is 17.0. The average molecular weight is 515 g/mol. The Hall–Kier alpha value is -2.81. The number of carbonyl (C=O) groups is 2. The summed E-state index contributed by atoms with van der Waals surface area (Å²) in [4.78, 5) is 25.4. The zero-order valence-electron chi connectivity index (χ0n) is 20.2. The molecule has 190 valence electrons. The molecule has 7 rings (SSSR count). The summed E-state index contributed by atoms with van der Waals surface area (Å²) in [7, 11) is 2.62. The Kier molecular flexibility index (Phi) is 4.68. The minimum absolute atomic E-state index is 0.00628. The monoisotopic (exact) mass is 514 g/mol. The van der Waals surface area contributed by atoms with Crippen LogP contribution in [0.2, 0.25) is 0 Å². The summed E-state index contributed by atoms with van der Waals surface area (Å²) >= 11 is 7.45. The van der Waals surface area contributed by atoms with E-state index in [9.17, 15) is 19.8 Å². The fourth-order valence-corrected chi connectivity index (χ4v) is 7.63. The normalized spacial score (nSPS) is 42.0. The lowest BCUT2D eigenvalue weighted by Crippen LogP contribution is -2.85. The zero-order valence-corrected chi connectivity index (χ0v) is 20.9. The predicted octanol–water partition coefficient (Wildman–Crippen LogP) is 3.17. The number of aliphatic hydroxyl groups is 2. The number of para-hydroxylation sites is 1. The van der Waals surface area contributed by atoms with Crippen molar-refractivity contribution in [1.29, 1.82) is 0 Å². The highest BCUT2D eigenvalue weighted by atomic mass is 35.5. The van der Waals surface area contributed by atoms with Gasteiger partial charge < -0.3 is 29.2 Å². The van der Waals surface area contributed by atoms with Gasteiger partial charge in [-0.2, -0.15) is 0 Å². The van der Waals surface area contributed by atoms with E-state index in [1.54, 1.807) is 24.3 Å². The molecule has 0 radical (unpaired) electrons. The van der Waals surface area contributed by atoms with Gasteiger partial charge in [-0.3, -0.25) is 4.79 Å². The molecule has 4 bridgehead atoms. The van der Waals surface area contributed by atoms with Crippen LogP contribution in [-0.2, 0) is 19.0 Å². The third-order valence-electron chi connectivity index (χ3n) is 8.65. The second kappa shape index (κ2) is 7.15. The van der Waals surface area contributed by atoms with Gasteiger partial charge in [-0.15, -0.1) is 11.6 Å². The van der Waals surface area contributed by atoms with E-state index < -0.39 is 45.1 Å². The summed E-state index contributed by atoms with van der Waals surface area (Å²) in [5, 5.41) is 24.0. The van der Waals surface area contributed by atoms with E-state index in [4.69, 9.17) is 30.5 Å². The predicted molar refractivity (Wildman–Crippen MR) is 127 cm³/mol. The van der Waals surface area contributed by atoms with Crippen molar-refractivity contribution in [3.8, 4) is 5.75 Å². The van der Waals surface area contributed by atoms with Crippen LogP contribution >= 0.6 is 11.6 Å². The molecule has 1 fully saturated rings. The van der Waals surface area contributed by atoms with Crippen molar-refractivity contribution in [2.45, 2.75) is 55.0 Å². The highest BCUT2D eigenvalue weighted by Crippen LogP contribution is 2.78. The van der Waals surface area contributed by atoms with Crippen LogP contribution in [0.25, 0.3) is 0 Å². The first-order valence-electron chi connectivity index (χ1n) is 12.0. The largest absolute Gasteiger partial charge is 0.499 e. The molecule has 9 heteroatoms. The van der Waals surface area contributed by atoms with Gasteiger partial charge in [0.05, 0.1) is 20.3 Å². The quantitative estimate of drug-likeness (QED) is 0.467. The van der Waals surface area contributed by atoms with Crippen LogP contribution in [0.5, 0.6) is 5.75 Å². The molecule has 1 heterocycles. The molecule has 1 aromatic rings. The van der Waals surface area contributed by atoms with Crippen LogP contribution in [0.3, 0.4) is 0 Å². The van der Waals surface area contributed by atoms with E-state index in [2.05, 4.69) is 0 Å². The van der Waals surface area contributed by atoms with Gasteiger partial charge >= 0.3 is 17.7 Å². The Morgan fingerprint density at radius 2 is 1.94 bits per heavy atom. The molecule has 0 aromatic heterocycles. The number of allylic oxidation sites excluding steroid dienone is 2. The summed E-state index contributed by atoms with van der Waals surface area (Å²) in [6.07, 6.45) is 6.13. The number of aliphatic hydroxyl groups excluding tert-OH is 1. The van der Waals surface area contributed by atoms with Crippen molar-refractivity contribution < 1.29 is 38.7 Å². The number of halogens is 1. The maximum absolute atomic E-state index is 13.7. The lowest BCUT2D eigenvalue weighted by Gasteiger charge is -2.67. The van der Waals surface area contributed by atoms with Crippen molar-refractivity contribution in [3.63, 3.8) is 0 Å². The van der Waals surface area contributed by atoms with Gasteiger partial charge in [0.2, 0.25) is 0 Å². The third kappa shape index (κ3) is 2.30. The van der Waals surface area contributed by atoms with Gasteiger partial charge in [0.25, 0.3) is 0 Å². The first kappa shape index (κ1) is 23.6. The molecule has 1 spiro atoms. The number of carbonyl (C=O) groups excluding carboxylic acids is 2.